The average molecular weight is 468 g/mol. The second kappa shape index (κ2) is 9.74. The smallest absolute Gasteiger partial charge is 0.262 e. The van der Waals surface area contributed by atoms with Gasteiger partial charge in [0.1, 0.15) is 5.75 Å². The molecule has 3 aromatic carbocycles. The van der Waals surface area contributed by atoms with E-state index in [0.717, 1.165) is 5.56 Å². The Labute approximate surface area is 193 Å². The average Bonchev–Trinajstić information content (AvgIpc) is 2.75. The van der Waals surface area contributed by atoms with E-state index in [9.17, 15) is 18.0 Å². The van der Waals surface area contributed by atoms with Crippen LogP contribution >= 0.6 is 0 Å². The van der Waals surface area contributed by atoms with Gasteiger partial charge in [0, 0.05) is 23.9 Å². The number of ether oxygens (including phenoxy) is 1. The Morgan fingerprint density at radius 1 is 0.848 bits per heavy atom. The van der Waals surface area contributed by atoms with Crippen LogP contribution in [0.15, 0.2) is 65.6 Å². The molecule has 33 heavy (non-hydrogen) atoms. The fraction of sp³-hybridized carbons (Fsp3) is 0.167. The third kappa shape index (κ3) is 5.89. The van der Waals surface area contributed by atoms with Gasteiger partial charge in [-0.15, -0.1) is 0 Å². The molecule has 0 saturated carbocycles. The van der Waals surface area contributed by atoms with E-state index in [1.165, 1.54) is 20.1 Å². The highest BCUT2D eigenvalue weighted by molar-refractivity contribution is 7.92. The van der Waals surface area contributed by atoms with Gasteiger partial charge in [-0.05, 0) is 61.9 Å². The van der Waals surface area contributed by atoms with Crippen molar-refractivity contribution in [3.63, 3.8) is 0 Å². The van der Waals surface area contributed by atoms with E-state index in [1.807, 2.05) is 6.92 Å². The number of nitrogens with one attached hydrogen (secondary N) is 3. The number of methoxy groups -OCH3 is 1. The molecule has 0 aliphatic heterocycles. The number of hydrogen-bond acceptors (Lipinski definition) is 5. The number of hydrogen-bond donors (Lipinski definition) is 3. The van der Waals surface area contributed by atoms with Gasteiger partial charge in [-0.25, -0.2) is 8.42 Å². The molecule has 0 saturated heterocycles. The maximum Gasteiger partial charge on any atom is 0.262 e. The molecule has 8 nitrogen and oxygen atoms in total. The fourth-order valence-electron chi connectivity index (χ4n) is 3.14. The van der Waals surface area contributed by atoms with Crippen molar-refractivity contribution in [3.05, 3.63) is 77.4 Å². The molecule has 0 atom stereocenters. The number of rotatable bonds is 7. The minimum absolute atomic E-state index is 0.00407. The molecule has 0 unspecified atom stereocenters. The Balaban J connectivity index is 1.86. The molecule has 0 radical (unpaired) electrons. The van der Waals surface area contributed by atoms with Crippen molar-refractivity contribution < 1.29 is 22.7 Å². The number of anilines is 3. The van der Waals surface area contributed by atoms with Crippen LogP contribution in [-0.4, -0.2) is 27.3 Å². The zero-order valence-corrected chi connectivity index (χ0v) is 19.5. The van der Waals surface area contributed by atoms with Crippen LogP contribution in [0.5, 0.6) is 5.75 Å². The number of sulfonamides is 1. The van der Waals surface area contributed by atoms with E-state index in [1.54, 1.807) is 61.5 Å². The lowest BCUT2D eigenvalue weighted by atomic mass is 10.1. The third-order valence-corrected chi connectivity index (χ3v) is 6.33. The predicted octanol–water partition coefficient (Wildman–Crippen LogP) is 4.32. The van der Waals surface area contributed by atoms with Crippen LogP contribution in [0.3, 0.4) is 0 Å². The van der Waals surface area contributed by atoms with Crippen molar-refractivity contribution in [1.82, 2.24) is 0 Å². The molecule has 0 aromatic heterocycles. The summed E-state index contributed by atoms with van der Waals surface area (Å²) in [5.41, 5.74) is 2.92. The molecule has 3 rings (SSSR count). The Bertz CT molecular complexity index is 1300. The SMILES string of the molecule is COc1ccc(NC(=O)c2ccc(C)c(S(=O)(=O)Nc3ccc(C)cc3)c2)cc1NC(C)=O. The lowest BCUT2D eigenvalue weighted by molar-refractivity contribution is -0.114. The van der Waals surface area contributed by atoms with Gasteiger partial charge in [0.25, 0.3) is 15.9 Å². The van der Waals surface area contributed by atoms with Crippen LogP contribution in [0.1, 0.15) is 28.4 Å². The van der Waals surface area contributed by atoms with E-state index in [2.05, 4.69) is 15.4 Å². The van der Waals surface area contributed by atoms with E-state index < -0.39 is 15.9 Å². The Kier molecular flexibility index (Phi) is 7.03. The largest absolute Gasteiger partial charge is 0.495 e. The normalized spacial score (nSPS) is 10.9. The summed E-state index contributed by atoms with van der Waals surface area (Å²) in [5.74, 6) is -0.346. The van der Waals surface area contributed by atoms with Crippen molar-refractivity contribution >= 4 is 38.9 Å². The van der Waals surface area contributed by atoms with Crippen LogP contribution in [0.4, 0.5) is 17.1 Å². The molecule has 0 aliphatic rings. The molecule has 0 fully saturated rings. The lowest BCUT2D eigenvalue weighted by Crippen LogP contribution is -2.17. The number of benzene rings is 3. The second-order valence-corrected chi connectivity index (χ2v) is 9.15. The number of carbonyl (C=O) groups excluding carboxylic acids is 2. The van der Waals surface area contributed by atoms with E-state index in [-0.39, 0.29) is 16.4 Å². The Morgan fingerprint density at radius 2 is 1.52 bits per heavy atom. The van der Waals surface area contributed by atoms with Crippen molar-refractivity contribution in [2.24, 2.45) is 0 Å². The van der Waals surface area contributed by atoms with Crippen LogP contribution in [0.25, 0.3) is 0 Å². The van der Waals surface area contributed by atoms with Gasteiger partial charge < -0.3 is 15.4 Å². The lowest BCUT2D eigenvalue weighted by Gasteiger charge is -2.14. The molecule has 0 aliphatic carbocycles. The summed E-state index contributed by atoms with van der Waals surface area (Å²) in [7, 11) is -2.44. The molecular formula is C24H25N3O5S. The van der Waals surface area contributed by atoms with Crippen LogP contribution in [0.2, 0.25) is 0 Å². The highest BCUT2D eigenvalue weighted by Gasteiger charge is 2.20. The van der Waals surface area contributed by atoms with Gasteiger partial charge in [-0.1, -0.05) is 23.8 Å². The molecule has 9 heteroatoms. The molecule has 0 bridgehead atoms. The maximum atomic E-state index is 13.0. The van der Waals surface area contributed by atoms with Crippen molar-refractivity contribution in [1.29, 1.82) is 0 Å². The van der Waals surface area contributed by atoms with Gasteiger partial charge in [-0.3, -0.25) is 14.3 Å². The van der Waals surface area contributed by atoms with E-state index in [4.69, 9.17) is 4.74 Å². The maximum absolute atomic E-state index is 13.0. The first kappa shape index (κ1) is 23.8. The van der Waals surface area contributed by atoms with Gasteiger partial charge in [0.2, 0.25) is 5.91 Å². The highest BCUT2D eigenvalue weighted by atomic mass is 32.2. The zero-order chi connectivity index (χ0) is 24.2. The summed E-state index contributed by atoms with van der Waals surface area (Å²) >= 11 is 0. The summed E-state index contributed by atoms with van der Waals surface area (Å²) in [6.45, 7) is 4.94. The minimum atomic E-state index is -3.91. The Hall–Kier alpha value is -3.85. The molecule has 0 spiro atoms. The van der Waals surface area contributed by atoms with E-state index in [0.29, 0.717) is 28.4 Å². The van der Waals surface area contributed by atoms with Crippen molar-refractivity contribution in [2.75, 3.05) is 22.5 Å². The third-order valence-electron chi connectivity index (χ3n) is 4.81. The first-order valence-corrected chi connectivity index (χ1v) is 11.5. The van der Waals surface area contributed by atoms with Crippen molar-refractivity contribution in [3.8, 4) is 5.75 Å². The van der Waals surface area contributed by atoms with E-state index >= 15 is 0 Å². The molecule has 0 heterocycles. The highest BCUT2D eigenvalue weighted by Crippen LogP contribution is 2.28. The molecule has 172 valence electrons. The number of aryl methyl sites for hydroxylation is 2. The summed E-state index contributed by atoms with van der Waals surface area (Å²) in [6, 6.07) is 16.2. The van der Waals surface area contributed by atoms with Gasteiger partial charge >= 0.3 is 0 Å². The quantitative estimate of drug-likeness (QED) is 0.479. The topological polar surface area (TPSA) is 114 Å². The predicted molar refractivity (Wildman–Crippen MR) is 128 cm³/mol. The first-order valence-electron chi connectivity index (χ1n) is 10.1. The van der Waals surface area contributed by atoms with Crippen LogP contribution < -0.4 is 20.1 Å². The minimum Gasteiger partial charge on any atom is -0.495 e. The van der Waals surface area contributed by atoms with Gasteiger partial charge in [-0.2, -0.15) is 0 Å². The summed E-state index contributed by atoms with van der Waals surface area (Å²) in [4.78, 5) is 24.3. The molecule has 3 N–H and O–H groups in total. The summed E-state index contributed by atoms with van der Waals surface area (Å²) in [5, 5.41) is 5.35. The first-order chi connectivity index (χ1) is 15.6. The monoisotopic (exact) mass is 467 g/mol. The number of amides is 2. The fourth-order valence-corrected chi connectivity index (χ4v) is 4.47. The summed E-state index contributed by atoms with van der Waals surface area (Å²) in [6.07, 6.45) is 0. The Morgan fingerprint density at radius 3 is 2.15 bits per heavy atom. The molecule has 3 aromatic rings. The molecular weight excluding hydrogens is 442 g/mol. The zero-order valence-electron chi connectivity index (χ0n) is 18.7. The van der Waals surface area contributed by atoms with Crippen LogP contribution in [0, 0.1) is 13.8 Å². The summed E-state index contributed by atoms with van der Waals surface area (Å²) < 4.78 is 33.7. The van der Waals surface area contributed by atoms with Crippen molar-refractivity contribution in [2.45, 2.75) is 25.7 Å². The van der Waals surface area contributed by atoms with Gasteiger partial charge in [0.15, 0.2) is 0 Å². The molecule has 2 amide bonds. The van der Waals surface area contributed by atoms with Crippen LogP contribution in [-0.2, 0) is 14.8 Å². The number of carbonyl (C=O) groups is 2. The standard InChI is InChI=1S/C24H25N3O5S/c1-15-5-9-19(10-6-15)27-33(30,31)23-13-18(8-7-16(23)2)24(29)26-20-11-12-22(32-4)21(14-20)25-17(3)28/h5-14,27H,1-4H3,(H,25,28)(H,26,29). The van der Waals surface area contributed by atoms with Gasteiger partial charge in [0.05, 0.1) is 17.7 Å². The second-order valence-electron chi connectivity index (χ2n) is 7.50.